The molecule has 1 amide bonds. The second-order valence-corrected chi connectivity index (χ2v) is 12.0. The largest absolute Gasteiger partial charge is 0.356 e. The van der Waals surface area contributed by atoms with Gasteiger partial charge in [0.05, 0.1) is 0 Å². The van der Waals surface area contributed by atoms with E-state index in [2.05, 4.69) is 60.8 Å². The SMILES string of the molecule is CC(=O)NC(C)[Si](CCOC1CCCCO1)(c1ccccc1)c1ccccc1. The van der Waals surface area contributed by atoms with Crippen LogP contribution in [0.15, 0.2) is 60.7 Å². The maximum Gasteiger partial charge on any atom is 0.216 e. The molecule has 5 heteroatoms. The van der Waals surface area contributed by atoms with E-state index in [0.29, 0.717) is 6.61 Å². The van der Waals surface area contributed by atoms with Gasteiger partial charge in [0.2, 0.25) is 5.91 Å². The van der Waals surface area contributed by atoms with E-state index in [1.807, 2.05) is 12.1 Å². The van der Waals surface area contributed by atoms with Crippen molar-refractivity contribution in [2.45, 2.75) is 51.1 Å². The summed E-state index contributed by atoms with van der Waals surface area (Å²) in [7, 11) is -2.31. The van der Waals surface area contributed by atoms with Crippen molar-refractivity contribution >= 4 is 24.4 Å². The lowest BCUT2D eigenvalue weighted by Gasteiger charge is -2.39. The molecule has 2 atom stereocenters. The van der Waals surface area contributed by atoms with Gasteiger partial charge < -0.3 is 14.8 Å². The Morgan fingerprint density at radius 3 is 2.21 bits per heavy atom. The summed E-state index contributed by atoms with van der Waals surface area (Å²) in [6, 6.07) is 22.1. The molecule has 150 valence electrons. The number of hydrogen-bond acceptors (Lipinski definition) is 3. The van der Waals surface area contributed by atoms with Crippen molar-refractivity contribution in [1.82, 2.24) is 5.32 Å². The number of amides is 1. The second-order valence-electron chi connectivity index (χ2n) is 7.54. The minimum Gasteiger partial charge on any atom is -0.356 e. The summed E-state index contributed by atoms with van der Waals surface area (Å²) in [6.07, 6.45) is 3.15. The monoisotopic (exact) mass is 397 g/mol. The molecule has 3 rings (SSSR count). The molecule has 28 heavy (non-hydrogen) atoms. The molecule has 0 spiro atoms. The lowest BCUT2D eigenvalue weighted by Crippen LogP contribution is -2.70. The quantitative estimate of drug-likeness (QED) is 0.697. The van der Waals surface area contributed by atoms with Gasteiger partial charge in [0, 0.05) is 25.8 Å². The molecule has 2 aromatic rings. The topological polar surface area (TPSA) is 47.6 Å². The zero-order valence-electron chi connectivity index (χ0n) is 16.9. The minimum absolute atomic E-state index is 0.00719. The Labute approximate surface area is 169 Å². The summed E-state index contributed by atoms with van der Waals surface area (Å²) in [5.41, 5.74) is 0.0469. The van der Waals surface area contributed by atoms with Crippen LogP contribution in [0.1, 0.15) is 33.1 Å². The van der Waals surface area contributed by atoms with Crippen molar-refractivity contribution in [2.24, 2.45) is 0 Å². The Morgan fingerprint density at radius 2 is 1.71 bits per heavy atom. The molecule has 0 saturated carbocycles. The molecule has 4 nitrogen and oxygen atoms in total. The van der Waals surface area contributed by atoms with Crippen molar-refractivity contribution in [3.05, 3.63) is 60.7 Å². The molecule has 1 heterocycles. The van der Waals surface area contributed by atoms with Crippen LogP contribution in [0.25, 0.3) is 0 Å². The number of nitrogens with one attached hydrogen (secondary N) is 1. The molecule has 2 aromatic carbocycles. The summed E-state index contributed by atoms with van der Waals surface area (Å²) in [4.78, 5) is 11.9. The Morgan fingerprint density at radius 1 is 1.11 bits per heavy atom. The van der Waals surface area contributed by atoms with Crippen LogP contribution in [0.2, 0.25) is 6.04 Å². The molecule has 1 aliphatic heterocycles. The molecule has 2 unspecified atom stereocenters. The molecule has 1 aliphatic rings. The zero-order chi connectivity index (χ0) is 19.8. The number of rotatable bonds is 8. The average molecular weight is 398 g/mol. The van der Waals surface area contributed by atoms with Gasteiger partial charge in [-0.25, -0.2) is 0 Å². The summed E-state index contributed by atoms with van der Waals surface area (Å²) in [6.45, 7) is 5.15. The number of carbonyl (C=O) groups excluding carboxylic acids is 1. The highest BCUT2D eigenvalue weighted by atomic mass is 28.3. The number of carbonyl (C=O) groups is 1. The van der Waals surface area contributed by atoms with Crippen molar-refractivity contribution in [3.8, 4) is 0 Å². The van der Waals surface area contributed by atoms with Crippen LogP contribution in [0.3, 0.4) is 0 Å². The van der Waals surface area contributed by atoms with Crippen LogP contribution in [-0.2, 0) is 14.3 Å². The first kappa shape index (κ1) is 20.8. The molecule has 1 N–H and O–H groups in total. The molecule has 0 radical (unpaired) electrons. The normalized spacial score (nSPS) is 18.4. The number of benzene rings is 2. The molecule has 1 fully saturated rings. The van der Waals surface area contributed by atoms with Crippen LogP contribution in [0.4, 0.5) is 0 Å². The van der Waals surface area contributed by atoms with Crippen LogP contribution < -0.4 is 15.7 Å². The molecule has 0 bridgehead atoms. The van der Waals surface area contributed by atoms with Crippen LogP contribution in [0.5, 0.6) is 0 Å². The summed E-state index contributed by atoms with van der Waals surface area (Å²) < 4.78 is 11.9. The molecular weight excluding hydrogens is 366 g/mol. The van der Waals surface area contributed by atoms with Gasteiger partial charge in [-0.15, -0.1) is 0 Å². The van der Waals surface area contributed by atoms with Gasteiger partial charge in [0.25, 0.3) is 0 Å². The lowest BCUT2D eigenvalue weighted by atomic mass is 10.2. The minimum atomic E-state index is -2.31. The van der Waals surface area contributed by atoms with Gasteiger partial charge in [-0.05, 0) is 32.2 Å². The Hall–Kier alpha value is -1.95. The van der Waals surface area contributed by atoms with Crippen molar-refractivity contribution in [1.29, 1.82) is 0 Å². The predicted octanol–water partition coefficient (Wildman–Crippen LogP) is 2.86. The number of hydrogen-bond donors (Lipinski definition) is 1. The Bertz CT molecular complexity index is 693. The highest BCUT2D eigenvalue weighted by Crippen LogP contribution is 2.19. The number of ether oxygens (including phenoxy) is 2. The third-order valence-corrected chi connectivity index (χ3v) is 11.0. The van der Waals surface area contributed by atoms with Gasteiger partial charge in [0.1, 0.15) is 8.07 Å². The average Bonchev–Trinajstić information content (AvgIpc) is 2.73. The van der Waals surface area contributed by atoms with E-state index in [0.717, 1.165) is 31.9 Å². The van der Waals surface area contributed by atoms with E-state index in [4.69, 9.17) is 9.47 Å². The van der Waals surface area contributed by atoms with Gasteiger partial charge in [-0.2, -0.15) is 0 Å². The van der Waals surface area contributed by atoms with Crippen molar-refractivity contribution in [3.63, 3.8) is 0 Å². The second kappa shape index (κ2) is 10.0. The van der Waals surface area contributed by atoms with E-state index >= 15 is 0 Å². The van der Waals surface area contributed by atoms with Crippen molar-refractivity contribution in [2.75, 3.05) is 13.2 Å². The van der Waals surface area contributed by atoms with E-state index < -0.39 is 8.07 Å². The first-order valence-corrected chi connectivity index (χ1v) is 12.5. The van der Waals surface area contributed by atoms with E-state index in [1.165, 1.54) is 10.4 Å². The van der Waals surface area contributed by atoms with E-state index in [1.54, 1.807) is 6.92 Å². The Kier molecular flexibility index (Phi) is 7.42. The van der Waals surface area contributed by atoms with Gasteiger partial charge in [-0.3, -0.25) is 4.79 Å². The fourth-order valence-electron chi connectivity index (χ4n) is 4.27. The van der Waals surface area contributed by atoms with Crippen LogP contribution >= 0.6 is 0 Å². The summed E-state index contributed by atoms with van der Waals surface area (Å²) in [5.74, 6) is 0.00719. The van der Waals surface area contributed by atoms with E-state index in [-0.39, 0.29) is 17.9 Å². The predicted molar refractivity (Wildman–Crippen MR) is 116 cm³/mol. The first-order chi connectivity index (χ1) is 13.6. The highest BCUT2D eigenvalue weighted by Gasteiger charge is 2.43. The lowest BCUT2D eigenvalue weighted by molar-refractivity contribution is -0.159. The van der Waals surface area contributed by atoms with Gasteiger partial charge in [-0.1, -0.05) is 71.0 Å². The summed E-state index contributed by atoms with van der Waals surface area (Å²) in [5, 5.41) is 5.84. The van der Waals surface area contributed by atoms with Gasteiger partial charge in [0.15, 0.2) is 6.29 Å². The van der Waals surface area contributed by atoms with Crippen molar-refractivity contribution < 1.29 is 14.3 Å². The first-order valence-electron chi connectivity index (χ1n) is 10.2. The van der Waals surface area contributed by atoms with E-state index in [9.17, 15) is 4.79 Å². The molecule has 0 aromatic heterocycles. The molecule has 0 aliphatic carbocycles. The standard InChI is InChI=1S/C23H31NO3Si/c1-19(25)24-20(2)28(21-11-5-3-6-12-21,22-13-7-4-8-14-22)18-17-27-23-15-9-10-16-26-23/h3-8,11-14,20,23H,9-10,15-18H2,1-2H3,(H,24,25). The molecular formula is C23H31NO3Si. The maximum atomic E-state index is 11.9. The Balaban J connectivity index is 1.93. The third-order valence-electron chi connectivity index (χ3n) is 5.67. The van der Waals surface area contributed by atoms with Gasteiger partial charge >= 0.3 is 0 Å². The zero-order valence-corrected chi connectivity index (χ0v) is 17.9. The fraction of sp³-hybridized carbons (Fsp3) is 0.435. The highest BCUT2D eigenvalue weighted by molar-refractivity contribution is 7.03. The van der Waals surface area contributed by atoms with Crippen LogP contribution in [0, 0.1) is 0 Å². The fourth-order valence-corrected chi connectivity index (χ4v) is 9.07. The molecule has 1 saturated heterocycles. The maximum absolute atomic E-state index is 11.9. The smallest absolute Gasteiger partial charge is 0.216 e. The summed E-state index contributed by atoms with van der Waals surface area (Å²) >= 11 is 0. The van der Waals surface area contributed by atoms with Crippen LogP contribution in [-0.4, -0.2) is 39.1 Å². The third kappa shape index (κ3) is 4.90.